The van der Waals surface area contributed by atoms with Crippen LogP contribution in [0.15, 0.2) is 72.6 Å². The molecule has 7 rings (SSSR count). The maximum Gasteiger partial charge on any atom is 0.322 e. The average molecular weight is 1260 g/mol. The molecule has 4 fully saturated rings. The molecule has 9 N–H and O–H groups in total. The number of fused-ring (bicyclic) bond motifs is 3. The highest BCUT2D eigenvalue weighted by atomic mass is 16.4. The summed E-state index contributed by atoms with van der Waals surface area (Å²) in [4.78, 5) is 179. The second-order valence-electron chi connectivity index (χ2n) is 25.7. The second kappa shape index (κ2) is 32.6. The van der Waals surface area contributed by atoms with Crippen LogP contribution in [0.2, 0.25) is 0 Å². The number of carbonyl (C=O) groups excluding carboxylic acids is 11. The van der Waals surface area contributed by atoms with Crippen molar-refractivity contribution in [3.8, 4) is 0 Å². The van der Waals surface area contributed by atoms with Crippen LogP contribution in [0.1, 0.15) is 137 Å². The molecule has 12 unspecified atom stereocenters. The summed E-state index contributed by atoms with van der Waals surface area (Å²) >= 11 is 0. The molecule has 5 aliphatic rings. The maximum atomic E-state index is 15.3. The number of aliphatic carboxylic acids is 1. The summed E-state index contributed by atoms with van der Waals surface area (Å²) in [5.74, 6) is -10.2. The van der Waals surface area contributed by atoms with Crippen molar-refractivity contribution in [3.05, 3.63) is 83.7 Å². The van der Waals surface area contributed by atoms with Crippen LogP contribution in [0.5, 0.6) is 0 Å². The lowest BCUT2D eigenvalue weighted by Crippen LogP contribution is -2.60. The van der Waals surface area contributed by atoms with E-state index in [1.807, 2.05) is 69.3 Å². The Labute approximate surface area is 533 Å². The van der Waals surface area contributed by atoms with Crippen LogP contribution in [0.25, 0.3) is 0 Å². The fourth-order valence-electron chi connectivity index (χ4n) is 12.8. The zero-order valence-electron chi connectivity index (χ0n) is 53.8. The molecule has 4 saturated heterocycles. The molecule has 5 aliphatic heterocycles. The number of nitrogens with one attached hydrogen (secondary N) is 8. The molecule has 12 atom stereocenters. The van der Waals surface area contributed by atoms with Gasteiger partial charge in [-0.1, -0.05) is 129 Å². The van der Waals surface area contributed by atoms with Gasteiger partial charge in [-0.15, -0.1) is 0 Å². The molecule has 0 saturated carbocycles. The van der Waals surface area contributed by atoms with Gasteiger partial charge in [0.05, 0.1) is 0 Å². The quantitative estimate of drug-likeness (QED) is 0.0969. The SMILES string of the molecule is CCC(C)C(NC(=O)C(NC(=O)C1CCCN1C(=O)C1=CNC(CC(C)C)C(=O)N2CCCC2C(=O)NC(Cc2ccccc2)C(=O)NC(Cc2ccccc2)C(=O)N2CCCC2C(=O)N2CCCC2C(=O)NC(C(C)C)C(=O)N1)C(C)CC)C(=O)NCC(=O)O. The van der Waals surface area contributed by atoms with Gasteiger partial charge in [0, 0.05) is 45.2 Å². The molecule has 0 aliphatic carbocycles. The molecule has 2 aromatic carbocycles. The number of hydrogen-bond donors (Lipinski definition) is 9. The summed E-state index contributed by atoms with van der Waals surface area (Å²) in [6, 6.07) is 6.59. The first-order valence-corrected chi connectivity index (χ1v) is 32.5. The first-order chi connectivity index (χ1) is 43.4. The van der Waals surface area contributed by atoms with E-state index in [0.29, 0.717) is 44.1 Å². The highest BCUT2D eigenvalue weighted by molar-refractivity contribution is 6.03. The first kappa shape index (κ1) is 70.1. The van der Waals surface area contributed by atoms with Gasteiger partial charge in [-0.25, -0.2) is 0 Å². The summed E-state index contributed by atoms with van der Waals surface area (Å²) < 4.78 is 0. The molecule has 25 nitrogen and oxygen atoms in total. The Kier molecular flexibility index (Phi) is 25.1. The molecular formula is C66H94N12O13. The normalized spacial score (nSPS) is 25.3. The van der Waals surface area contributed by atoms with Crippen LogP contribution in [0.3, 0.4) is 0 Å². The number of likely N-dealkylation sites (tertiary alicyclic amines) is 1. The minimum Gasteiger partial charge on any atom is -0.480 e. The van der Waals surface area contributed by atoms with E-state index in [1.54, 1.807) is 46.8 Å². The molecular weight excluding hydrogens is 1170 g/mol. The zero-order chi connectivity index (χ0) is 66.2. The number of carboxylic acids is 1. The summed E-state index contributed by atoms with van der Waals surface area (Å²) in [6.07, 6.45) is 4.79. The lowest BCUT2D eigenvalue weighted by Gasteiger charge is -2.34. The third-order valence-electron chi connectivity index (χ3n) is 18.3. The highest BCUT2D eigenvalue weighted by Gasteiger charge is 2.47. The summed E-state index contributed by atoms with van der Waals surface area (Å²) in [7, 11) is 0. The van der Waals surface area contributed by atoms with Gasteiger partial charge in [-0.2, -0.15) is 0 Å². The topological polar surface area (TPSA) is 334 Å². The molecule has 91 heavy (non-hydrogen) atoms. The van der Waals surface area contributed by atoms with E-state index in [9.17, 15) is 48.3 Å². The average Bonchev–Trinajstić information content (AvgIpc) is 1.84. The van der Waals surface area contributed by atoms with Crippen LogP contribution >= 0.6 is 0 Å². The Hall–Kier alpha value is -8.38. The van der Waals surface area contributed by atoms with Crippen molar-refractivity contribution in [2.45, 2.75) is 199 Å². The van der Waals surface area contributed by atoms with Gasteiger partial charge in [-0.3, -0.25) is 57.5 Å². The van der Waals surface area contributed by atoms with E-state index in [0.717, 1.165) is 5.56 Å². The van der Waals surface area contributed by atoms with Crippen LogP contribution in [-0.4, -0.2) is 189 Å². The van der Waals surface area contributed by atoms with Crippen molar-refractivity contribution < 1.29 is 62.6 Å². The van der Waals surface area contributed by atoms with Crippen LogP contribution in [-0.2, 0) is 70.4 Å². The molecule has 11 amide bonds. The van der Waals surface area contributed by atoms with Crippen LogP contribution in [0, 0.1) is 23.7 Å². The number of amides is 11. The highest BCUT2D eigenvalue weighted by Crippen LogP contribution is 2.28. The summed E-state index contributed by atoms with van der Waals surface area (Å²) in [5, 5.41) is 31.7. The number of nitrogens with zero attached hydrogens (tertiary/aromatic N) is 4. The van der Waals surface area contributed by atoms with Gasteiger partial charge in [0.15, 0.2) is 0 Å². The van der Waals surface area contributed by atoms with Gasteiger partial charge in [-0.05, 0) is 92.6 Å². The van der Waals surface area contributed by atoms with E-state index in [4.69, 9.17) is 0 Å². The predicted octanol–water partition coefficient (Wildman–Crippen LogP) is 1.78. The standard InChI is InChI=1S/C66H94N12O13/c1-9-40(7)54(60(85)68-37-52(79)80)74-62(87)55(41(8)10-2)73-59(84)49-26-18-30-76(49)65(90)47-36-67-45(33-38(3)4)63(88)75-29-17-25-48(75)57(82)69-44(34-42-21-13-11-14-22-42)56(81)70-46(35-43-23-15-12-16-24-43)64(89)78-32-20-28-51(78)66(91)77-31-19-27-50(77)58(83)72-53(39(5)6)61(86)71-47/h11-16,21-24,36,38-41,44-46,48-51,53-55,67H,9-10,17-20,25-35,37H2,1-8H3,(H,68,85)(H,69,82)(H,70,81)(H,71,86)(H,72,83)(H,73,84)(H,74,87)(H,79,80). The predicted molar refractivity (Wildman–Crippen MR) is 336 cm³/mol. The largest absolute Gasteiger partial charge is 0.480 e. The van der Waals surface area contributed by atoms with Crippen molar-refractivity contribution in [1.82, 2.24) is 62.1 Å². The van der Waals surface area contributed by atoms with E-state index >= 15 is 14.4 Å². The Morgan fingerprint density at radius 1 is 0.560 bits per heavy atom. The Morgan fingerprint density at radius 3 is 1.60 bits per heavy atom. The van der Waals surface area contributed by atoms with Crippen molar-refractivity contribution in [1.29, 1.82) is 0 Å². The van der Waals surface area contributed by atoms with E-state index in [2.05, 4.69) is 42.5 Å². The Morgan fingerprint density at radius 2 is 1.05 bits per heavy atom. The molecule has 496 valence electrons. The molecule has 5 heterocycles. The van der Waals surface area contributed by atoms with E-state index in [1.165, 1.54) is 25.8 Å². The van der Waals surface area contributed by atoms with Gasteiger partial charge in [0.2, 0.25) is 59.1 Å². The third-order valence-corrected chi connectivity index (χ3v) is 18.3. The first-order valence-electron chi connectivity index (χ1n) is 32.5. The fourth-order valence-corrected chi connectivity index (χ4v) is 12.8. The monoisotopic (exact) mass is 1260 g/mol. The molecule has 0 radical (unpaired) electrons. The number of carboxylic acid groups (broad SMARTS) is 1. The lowest BCUT2D eigenvalue weighted by atomic mass is 9.94. The number of hydrogen-bond acceptors (Lipinski definition) is 13. The Balaban J connectivity index is 1.25. The molecule has 0 spiro atoms. The van der Waals surface area contributed by atoms with Crippen molar-refractivity contribution in [2.75, 3.05) is 32.7 Å². The summed E-state index contributed by atoms with van der Waals surface area (Å²) in [5.41, 5.74) is 1.03. The van der Waals surface area contributed by atoms with Crippen molar-refractivity contribution >= 4 is 70.9 Å². The van der Waals surface area contributed by atoms with E-state index in [-0.39, 0.29) is 77.0 Å². The smallest absolute Gasteiger partial charge is 0.322 e. The molecule has 0 bridgehead atoms. The fraction of sp³-hybridized carbons (Fsp3) is 0.606. The number of carbonyl (C=O) groups is 12. The zero-order valence-corrected chi connectivity index (χ0v) is 53.8. The van der Waals surface area contributed by atoms with Gasteiger partial charge in [0.1, 0.15) is 72.7 Å². The minimum absolute atomic E-state index is 0.0139. The molecule has 2 aromatic rings. The van der Waals surface area contributed by atoms with Crippen molar-refractivity contribution in [2.24, 2.45) is 23.7 Å². The van der Waals surface area contributed by atoms with Crippen LogP contribution < -0.4 is 42.5 Å². The van der Waals surface area contributed by atoms with E-state index < -0.39 is 161 Å². The molecule has 0 aromatic heterocycles. The Bertz CT molecular complexity index is 3000. The maximum absolute atomic E-state index is 15.3. The lowest BCUT2D eigenvalue weighted by molar-refractivity contribution is -0.148. The third kappa shape index (κ3) is 18.0. The van der Waals surface area contributed by atoms with Crippen molar-refractivity contribution in [3.63, 3.8) is 0 Å². The minimum atomic E-state index is -1.32. The second-order valence-corrected chi connectivity index (χ2v) is 25.7. The van der Waals surface area contributed by atoms with Gasteiger partial charge in [0.25, 0.3) is 5.91 Å². The summed E-state index contributed by atoms with van der Waals surface area (Å²) in [6.45, 7) is 14.1. The van der Waals surface area contributed by atoms with Crippen LogP contribution in [0.4, 0.5) is 0 Å². The molecule has 25 heteroatoms. The van der Waals surface area contributed by atoms with Gasteiger partial charge < -0.3 is 67.2 Å². The number of benzene rings is 2. The van der Waals surface area contributed by atoms with Gasteiger partial charge >= 0.3 is 5.97 Å². The number of rotatable bonds is 19.